The Bertz CT molecular complexity index is 746. The average Bonchev–Trinajstić information content (AvgIpc) is 2.90. The molecule has 0 saturated carbocycles. The van der Waals surface area contributed by atoms with Crippen molar-refractivity contribution in [3.05, 3.63) is 51.2 Å². The van der Waals surface area contributed by atoms with Crippen molar-refractivity contribution in [3.63, 3.8) is 0 Å². The van der Waals surface area contributed by atoms with Crippen LogP contribution in [0.4, 0.5) is 5.69 Å². The Balaban J connectivity index is 1.54. The van der Waals surface area contributed by atoms with E-state index in [1.165, 1.54) is 35.3 Å². The van der Waals surface area contributed by atoms with Crippen LogP contribution in [0.3, 0.4) is 0 Å². The monoisotopic (exact) mass is 373 g/mol. The second-order valence-electron chi connectivity index (χ2n) is 6.21. The van der Waals surface area contributed by atoms with E-state index in [1.807, 2.05) is 24.3 Å². The average molecular weight is 374 g/mol. The highest BCUT2D eigenvalue weighted by molar-refractivity contribution is 7.80. The summed E-state index contributed by atoms with van der Waals surface area (Å²) in [6.45, 7) is 2.11. The minimum Gasteiger partial charge on any atom is -0.331 e. The van der Waals surface area contributed by atoms with E-state index in [1.54, 1.807) is 11.3 Å². The molecule has 2 aromatic rings. The van der Waals surface area contributed by atoms with Crippen LogP contribution < -0.4 is 16.2 Å². The van der Waals surface area contributed by atoms with Gasteiger partial charge < -0.3 is 5.32 Å². The molecule has 3 N–H and O–H groups in total. The number of hydrogen-bond donors (Lipinski definition) is 3. The van der Waals surface area contributed by atoms with Gasteiger partial charge >= 0.3 is 0 Å². The third kappa shape index (κ3) is 4.80. The molecule has 0 bridgehead atoms. The molecule has 1 aliphatic carbocycles. The van der Waals surface area contributed by atoms with Crippen LogP contribution in [-0.2, 0) is 19.3 Å². The number of benzene rings is 1. The number of carbonyl (C=O) groups is 1. The Morgan fingerprint density at radius 3 is 2.84 bits per heavy atom. The lowest BCUT2D eigenvalue weighted by Crippen LogP contribution is -2.43. The second kappa shape index (κ2) is 8.45. The second-order valence-corrected chi connectivity index (χ2v) is 7.75. The lowest BCUT2D eigenvalue weighted by molar-refractivity contribution is 0.0948. The fourth-order valence-electron chi connectivity index (χ4n) is 2.99. The number of aryl methyl sites for hydroxylation is 3. The lowest BCUT2D eigenvalue weighted by atomic mass is 10.1. The van der Waals surface area contributed by atoms with Crippen LogP contribution in [0.1, 0.15) is 51.9 Å². The number of thiophene rings is 1. The highest BCUT2D eigenvalue weighted by atomic mass is 32.1. The maximum Gasteiger partial charge on any atom is 0.279 e. The third-order valence-corrected chi connectivity index (χ3v) is 5.79. The van der Waals surface area contributed by atoms with Gasteiger partial charge in [0.2, 0.25) is 0 Å². The lowest BCUT2D eigenvalue weighted by Gasteiger charge is -2.11. The van der Waals surface area contributed by atoms with Gasteiger partial charge in [0.1, 0.15) is 0 Å². The number of fused-ring (bicyclic) bond motifs is 1. The quantitative estimate of drug-likeness (QED) is 0.429. The molecule has 4 nitrogen and oxygen atoms in total. The number of amides is 1. The molecule has 132 valence electrons. The maximum absolute atomic E-state index is 12.4. The number of hydrazine groups is 1. The van der Waals surface area contributed by atoms with Gasteiger partial charge in [-0.15, -0.1) is 11.3 Å². The molecule has 6 heteroatoms. The first-order valence-electron chi connectivity index (χ1n) is 8.73. The summed E-state index contributed by atoms with van der Waals surface area (Å²) in [5, 5.41) is 3.46. The van der Waals surface area contributed by atoms with Crippen LogP contribution in [-0.4, -0.2) is 11.0 Å². The van der Waals surface area contributed by atoms with Crippen molar-refractivity contribution in [2.45, 2.75) is 45.4 Å². The van der Waals surface area contributed by atoms with Gasteiger partial charge in [-0.3, -0.25) is 15.6 Å². The zero-order valence-corrected chi connectivity index (χ0v) is 16.0. The normalized spacial score (nSPS) is 13.5. The van der Waals surface area contributed by atoms with Gasteiger partial charge in [0.05, 0.1) is 4.88 Å². The first-order valence-corrected chi connectivity index (χ1v) is 9.96. The van der Waals surface area contributed by atoms with Gasteiger partial charge in [0, 0.05) is 10.6 Å². The molecule has 0 atom stereocenters. The first kappa shape index (κ1) is 17.9. The Hall–Kier alpha value is -1.92. The minimum atomic E-state index is -0.135. The largest absolute Gasteiger partial charge is 0.331 e. The maximum atomic E-state index is 12.4. The SMILES string of the molecule is CCc1cccc(NC(=S)NNC(=O)c2cc3c(s2)CCCCC3)c1. The molecule has 1 heterocycles. The molecule has 1 aromatic carbocycles. The molecular weight excluding hydrogens is 350 g/mol. The Morgan fingerprint density at radius 1 is 1.16 bits per heavy atom. The third-order valence-electron chi connectivity index (χ3n) is 4.35. The summed E-state index contributed by atoms with van der Waals surface area (Å²) >= 11 is 6.86. The smallest absolute Gasteiger partial charge is 0.279 e. The minimum absolute atomic E-state index is 0.135. The summed E-state index contributed by atoms with van der Waals surface area (Å²) in [5.74, 6) is -0.135. The number of thiocarbonyl (C=S) groups is 1. The number of anilines is 1. The molecule has 3 rings (SSSR count). The molecule has 1 aromatic heterocycles. The number of carbonyl (C=O) groups excluding carboxylic acids is 1. The van der Waals surface area contributed by atoms with Crippen molar-refractivity contribution in [1.82, 2.24) is 10.9 Å². The number of hydrogen-bond acceptors (Lipinski definition) is 3. The topological polar surface area (TPSA) is 53.2 Å². The summed E-state index contributed by atoms with van der Waals surface area (Å²) < 4.78 is 0. The van der Waals surface area contributed by atoms with Gasteiger partial charge in [0.15, 0.2) is 5.11 Å². The van der Waals surface area contributed by atoms with Gasteiger partial charge in [-0.1, -0.05) is 25.5 Å². The van der Waals surface area contributed by atoms with Crippen molar-refractivity contribution in [2.24, 2.45) is 0 Å². The molecule has 0 unspecified atom stereocenters. The van der Waals surface area contributed by atoms with Gasteiger partial charge in [-0.05, 0) is 73.6 Å². The van der Waals surface area contributed by atoms with Gasteiger partial charge in [-0.25, -0.2) is 0 Å². The predicted octanol–water partition coefficient (Wildman–Crippen LogP) is 4.21. The van der Waals surface area contributed by atoms with Crippen molar-refractivity contribution in [2.75, 3.05) is 5.32 Å². The zero-order valence-electron chi connectivity index (χ0n) is 14.4. The van der Waals surface area contributed by atoms with Crippen LogP contribution in [0.25, 0.3) is 0 Å². The highest BCUT2D eigenvalue weighted by Crippen LogP contribution is 2.28. The van der Waals surface area contributed by atoms with E-state index in [0.717, 1.165) is 29.8 Å². The van der Waals surface area contributed by atoms with E-state index in [4.69, 9.17) is 12.2 Å². The molecule has 25 heavy (non-hydrogen) atoms. The van der Waals surface area contributed by atoms with Crippen LogP contribution in [0.5, 0.6) is 0 Å². The fourth-order valence-corrected chi connectivity index (χ4v) is 4.30. The van der Waals surface area contributed by atoms with E-state index in [9.17, 15) is 4.79 Å². The van der Waals surface area contributed by atoms with Crippen LogP contribution in [0.15, 0.2) is 30.3 Å². The summed E-state index contributed by atoms with van der Waals surface area (Å²) in [6.07, 6.45) is 6.86. The van der Waals surface area contributed by atoms with Crippen LogP contribution in [0.2, 0.25) is 0 Å². The highest BCUT2D eigenvalue weighted by Gasteiger charge is 2.16. The number of rotatable bonds is 3. The van der Waals surface area contributed by atoms with E-state index in [0.29, 0.717) is 5.11 Å². The molecule has 0 radical (unpaired) electrons. The Morgan fingerprint density at radius 2 is 2.00 bits per heavy atom. The zero-order chi connectivity index (χ0) is 17.6. The van der Waals surface area contributed by atoms with E-state index in [2.05, 4.69) is 29.2 Å². The van der Waals surface area contributed by atoms with Crippen molar-refractivity contribution < 1.29 is 4.79 Å². The summed E-state index contributed by atoms with van der Waals surface area (Å²) in [6, 6.07) is 10.1. The summed E-state index contributed by atoms with van der Waals surface area (Å²) in [7, 11) is 0. The molecule has 1 aliphatic rings. The number of nitrogens with one attached hydrogen (secondary N) is 3. The Labute approximate surface area is 158 Å². The standard InChI is InChI=1S/C19H23N3OS2/c1-2-13-7-6-9-15(11-13)20-19(24)22-21-18(23)17-12-14-8-4-3-5-10-16(14)25-17/h6-7,9,11-12H,2-5,8,10H2,1H3,(H,21,23)(H2,20,22,24). The van der Waals surface area contributed by atoms with Gasteiger partial charge in [0.25, 0.3) is 5.91 Å². The van der Waals surface area contributed by atoms with Crippen LogP contribution >= 0.6 is 23.6 Å². The van der Waals surface area contributed by atoms with Crippen LogP contribution in [0, 0.1) is 0 Å². The van der Waals surface area contributed by atoms with E-state index >= 15 is 0 Å². The molecule has 0 aliphatic heterocycles. The van der Waals surface area contributed by atoms with Crippen molar-refractivity contribution in [3.8, 4) is 0 Å². The Kier molecular flexibility index (Phi) is 6.04. The van der Waals surface area contributed by atoms with E-state index in [-0.39, 0.29) is 5.91 Å². The molecular formula is C19H23N3OS2. The first-order chi connectivity index (χ1) is 12.2. The summed E-state index contributed by atoms with van der Waals surface area (Å²) in [5.41, 5.74) is 8.96. The molecule has 0 spiro atoms. The molecule has 1 amide bonds. The van der Waals surface area contributed by atoms with Crippen molar-refractivity contribution >= 4 is 40.3 Å². The van der Waals surface area contributed by atoms with Gasteiger partial charge in [-0.2, -0.15) is 0 Å². The molecule has 0 fully saturated rings. The summed E-state index contributed by atoms with van der Waals surface area (Å²) in [4.78, 5) is 14.5. The van der Waals surface area contributed by atoms with E-state index < -0.39 is 0 Å². The fraction of sp³-hybridized carbons (Fsp3) is 0.368. The predicted molar refractivity (Wildman–Crippen MR) is 108 cm³/mol. The molecule has 0 saturated heterocycles. The van der Waals surface area contributed by atoms with Crippen molar-refractivity contribution in [1.29, 1.82) is 0 Å².